The van der Waals surface area contributed by atoms with E-state index in [1.54, 1.807) is 18.2 Å². The second kappa shape index (κ2) is 10.0. The molecule has 1 saturated heterocycles. The molecule has 3 rings (SSSR count). The SMILES string of the molecule is O=C(NC1CCN(C(=O)CCCNC(=O)c2cccs2)CC1)c1ccccc1. The highest BCUT2D eigenvalue weighted by Crippen LogP contribution is 2.13. The predicted molar refractivity (Wildman–Crippen MR) is 109 cm³/mol. The molecular formula is C21H25N3O3S. The Labute approximate surface area is 168 Å². The third kappa shape index (κ3) is 5.66. The highest BCUT2D eigenvalue weighted by Gasteiger charge is 2.23. The highest BCUT2D eigenvalue weighted by atomic mass is 32.1. The van der Waals surface area contributed by atoms with Crippen molar-refractivity contribution in [3.8, 4) is 0 Å². The molecule has 0 atom stereocenters. The van der Waals surface area contributed by atoms with E-state index in [0.717, 1.165) is 12.8 Å². The number of carbonyl (C=O) groups is 3. The lowest BCUT2D eigenvalue weighted by molar-refractivity contribution is -0.132. The van der Waals surface area contributed by atoms with Gasteiger partial charge in [-0.15, -0.1) is 11.3 Å². The molecule has 2 N–H and O–H groups in total. The summed E-state index contributed by atoms with van der Waals surface area (Å²) in [5.74, 6) is -0.0394. The van der Waals surface area contributed by atoms with Gasteiger partial charge in [0.15, 0.2) is 0 Å². The van der Waals surface area contributed by atoms with Gasteiger partial charge in [0.25, 0.3) is 11.8 Å². The van der Waals surface area contributed by atoms with Crippen molar-refractivity contribution >= 4 is 29.1 Å². The number of benzene rings is 1. The number of amides is 3. The number of hydrogen-bond acceptors (Lipinski definition) is 4. The fourth-order valence-electron chi connectivity index (χ4n) is 3.23. The third-order valence-corrected chi connectivity index (χ3v) is 5.69. The average Bonchev–Trinajstić information content (AvgIpc) is 3.27. The van der Waals surface area contributed by atoms with Gasteiger partial charge in [-0.2, -0.15) is 0 Å². The first-order chi connectivity index (χ1) is 13.6. The van der Waals surface area contributed by atoms with Gasteiger partial charge in [0.1, 0.15) is 0 Å². The minimum atomic E-state index is -0.0857. The van der Waals surface area contributed by atoms with Crippen LogP contribution in [0.25, 0.3) is 0 Å². The van der Waals surface area contributed by atoms with Gasteiger partial charge in [0, 0.05) is 37.7 Å². The van der Waals surface area contributed by atoms with Gasteiger partial charge in [-0.3, -0.25) is 14.4 Å². The van der Waals surface area contributed by atoms with E-state index >= 15 is 0 Å². The van der Waals surface area contributed by atoms with Crippen LogP contribution in [0.2, 0.25) is 0 Å². The van der Waals surface area contributed by atoms with Crippen LogP contribution in [-0.2, 0) is 4.79 Å². The molecule has 6 nitrogen and oxygen atoms in total. The van der Waals surface area contributed by atoms with E-state index in [-0.39, 0.29) is 23.8 Å². The van der Waals surface area contributed by atoms with Gasteiger partial charge in [0.2, 0.25) is 5.91 Å². The molecule has 1 aromatic heterocycles. The van der Waals surface area contributed by atoms with Crippen molar-refractivity contribution in [2.24, 2.45) is 0 Å². The van der Waals surface area contributed by atoms with Gasteiger partial charge in [0.05, 0.1) is 4.88 Å². The second-order valence-corrected chi connectivity index (χ2v) is 7.78. The molecule has 1 fully saturated rings. The Balaban J connectivity index is 1.32. The molecule has 3 amide bonds. The van der Waals surface area contributed by atoms with Gasteiger partial charge in [-0.05, 0) is 42.8 Å². The summed E-state index contributed by atoms with van der Waals surface area (Å²) in [4.78, 5) is 39.0. The minimum Gasteiger partial charge on any atom is -0.351 e. The van der Waals surface area contributed by atoms with Crippen molar-refractivity contribution in [3.05, 3.63) is 58.3 Å². The van der Waals surface area contributed by atoms with E-state index in [4.69, 9.17) is 0 Å². The van der Waals surface area contributed by atoms with Crippen LogP contribution in [0.4, 0.5) is 0 Å². The fraction of sp³-hybridized carbons (Fsp3) is 0.381. The molecule has 7 heteroatoms. The van der Waals surface area contributed by atoms with Gasteiger partial charge in [-0.25, -0.2) is 0 Å². The van der Waals surface area contributed by atoms with Gasteiger partial charge in [-0.1, -0.05) is 24.3 Å². The Bertz CT molecular complexity index is 784. The van der Waals surface area contributed by atoms with E-state index < -0.39 is 0 Å². The molecule has 1 aliphatic heterocycles. The maximum Gasteiger partial charge on any atom is 0.261 e. The Kier molecular flexibility index (Phi) is 7.19. The summed E-state index contributed by atoms with van der Waals surface area (Å²) in [6.45, 7) is 1.80. The summed E-state index contributed by atoms with van der Waals surface area (Å²) in [6, 6.07) is 12.9. The zero-order valence-corrected chi connectivity index (χ0v) is 16.5. The normalized spacial score (nSPS) is 14.5. The number of nitrogens with zero attached hydrogens (tertiary/aromatic N) is 1. The summed E-state index contributed by atoms with van der Waals surface area (Å²) < 4.78 is 0. The van der Waals surface area contributed by atoms with E-state index in [9.17, 15) is 14.4 Å². The summed E-state index contributed by atoms with van der Waals surface area (Å²) >= 11 is 1.40. The van der Waals surface area contributed by atoms with Crippen molar-refractivity contribution in [3.63, 3.8) is 0 Å². The number of thiophene rings is 1. The van der Waals surface area contributed by atoms with Crippen molar-refractivity contribution < 1.29 is 14.4 Å². The van der Waals surface area contributed by atoms with E-state index in [1.807, 2.05) is 34.5 Å². The standard InChI is InChI=1S/C21H25N3O3S/c25-19(9-4-12-22-21(27)18-8-5-15-28-18)24-13-10-17(11-14-24)23-20(26)16-6-2-1-3-7-16/h1-3,5-8,15,17H,4,9-14H2,(H,22,27)(H,23,26). The number of rotatable bonds is 7. The van der Waals surface area contributed by atoms with Crippen LogP contribution >= 0.6 is 11.3 Å². The van der Waals surface area contributed by atoms with Gasteiger partial charge >= 0.3 is 0 Å². The molecular weight excluding hydrogens is 374 g/mol. The molecule has 2 heterocycles. The van der Waals surface area contributed by atoms with E-state index in [1.165, 1.54) is 11.3 Å². The largest absolute Gasteiger partial charge is 0.351 e. The molecule has 0 radical (unpaired) electrons. The maximum atomic E-state index is 12.3. The Morgan fingerprint density at radius 2 is 1.75 bits per heavy atom. The zero-order chi connectivity index (χ0) is 19.8. The lowest BCUT2D eigenvalue weighted by Gasteiger charge is -2.32. The van der Waals surface area contributed by atoms with Crippen molar-refractivity contribution in [2.75, 3.05) is 19.6 Å². The number of likely N-dealkylation sites (tertiary alicyclic amines) is 1. The fourth-order valence-corrected chi connectivity index (χ4v) is 3.87. The quantitative estimate of drug-likeness (QED) is 0.703. The number of piperidine rings is 1. The van der Waals surface area contributed by atoms with Gasteiger partial charge < -0.3 is 15.5 Å². The molecule has 0 aliphatic carbocycles. The maximum absolute atomic E-state index is 12.3. The van der Waals surface area contributed by atoms with Crippen LogP contribution in [0.3, 0.4) is 0 Å². The van der Waals surface area contributed by atoms with Crippen LogP contribution in [0.1, 0.15) is 45.7 Å². The Morgan fingerprint density at radius 3 is 2.43 bits per heavy atom. The van der Waals surface area contributed by atoms with Crippen LogP contribution in [0, 0.1) is 0 Å². The summed E-state index contributed by atoms with van der Waals surface area (Å²) in [6.07, 6.45) is 2.57. The minimum absolute atomic E-state index is 0.0631. The molecule has 0 bridgehead atoms. The monoisotopic (exact) mass is 399 g/mol. The van der Waals surface area contributed by atoms with E-state index in [0.29, 0.717) is 42.9 Å². The Morgan fingerprint density at radius 1 is 1.00 bits per heavy atom. The molecule has 1 aliphatic rings. The highest BCUT2D eigenvalue weighted by molar-refractivity contribution is 7.12. The number of hydrogen-bond donors (Lipinski definition) is 2. The lowest BCUT2D eigenvalue weighted by atomic mass is 10.0. The molecule has 0 saturated carbocycles. The number of carbonyl (C=O) groups excluding carboxylic acids is 3. The molecule has 2 aromatic rings. The average molecular weight is 400 g/mol. The smallest absolute Gasteiger partial charge is 0.261 e. The van der Waals surface area contributed by atoms with Crippen molar-refractivity contribution in [1.82, 2.24) is 15.5 Å². The lowest BCUT2D eigenvalue weighted by Crippen LogP contribution is -2.46. The summed E-state index contributed by atoms with van der Waals surface area (Å²) in [5.41, 5.74) is 0.658. The second-order valence-electron chi connectivity index (χ2n) is 6.83. The van der Waals surface area contributed by atoms with Crippen LogP contribution in [0.15, 0.2) is 47.8 Å². The van der Waals surface area contributed by atoms with Crippen molar-refractivity contribution in [1.29, 1.82) is 0 Å². The molecule has 148 valence electrons. The summed E-state index contributed by atoms with van der Waals surface area (Å²) in [5, 5.41) is 7.76. The first kappa shape index (κ1) is 20.1. The number of nitrogens with one attached hydrogen (secondary N) is 2. The van der Waals surface area contributed by atoms with Crippen molar-refractivity contribution in [2.45, 2.75) is 31.7 Å². The first-order valence-corrected chi connectivity index (χ1v) is 10.5. The third-order valence-electron chi connectivity index (χ3n) is 4.82. The Hall–Kier alpha value is -2.67. The molecule has 1 aromatic carbocycles. The molecule has 0 unspecified atom stereocenters. The zero-order valence-electron chi connectivity index (χ0n) is 15.7. The first-order valence-electron chi connectivity index (χ1n) is 9.59. The van der Waals surface area contributed by atoms with E-state index in [2.05, 4.69) is 10.6 Å². The van der Waals surface area contributed by atoms with Crippen LogP contribution in [-0.4, -0.2) is 48.3 Å². The predicted octanol–water partition coefficient (Wildman–Crippen LogP) is 2.68. The summed E-state index contributed by atoms with van der Waals surface area (Å²) in [7, 11) is 0. The topological polar surface area (TPSA) is 78.5 Å². The van der Waals surface area contributed by atoms with Crippen LogP contribution in [0.5, 0.6) is 0 Å². The molecule has 28 heavy (non-hydrogen) atoms. The molecule has 0 spiro atoms. The van der Waals surface area contributed by atoms with Crippen LogP contribution < -0.4 is 10.6 Å².